The molecule has 0 unspecified atom stereocenters. The number of hydrogen-bond acceptors (Lipinski definition) is 5. The monoisotopic (exact) mass is 415 g/mol. The predicted octanol–water partition coefficient (Wildman–Crippen LogP) is 3.72. The molecule has 0 spiro atoms. The molecule has 2 aromatic heterocycles. The Balaban J connectivity index is 0.00000192. The van der Waals surface area contributed by atoms with Gasteiger partial charge in [-0.2, -0.15) is 5.10 Å². The summed E-state index contributed by atoms with van der Waals surface area (Å²) in [5.74, 6) is 0.916. The number of aromatic nitrogens is 2. The average Bonchev–Trinajstić information content (AvgIpc) is 3.36. The Labute approximate surface area is 168 Å². The molecule has 3 heterocycles. The molecule has 0 saturated carbocycles. The van der Waals surface area contributed by atoms with Gasteiger partial charge in [-0.05, 0) is 30.3 Å². The summed E-state index contributed by atoms with van der Waals surface area (Å²) in [4.78, 5) is 0.523. The molecule has 0 bridgehead atoms. The van der Waals surface area contributed by atoms with Gasteiger partial charge in [-0.15, -0.1) is 12.4 Å². The molecule has 144 valence electrons. The molecule has 0 radical (unpaired) electrons. The lowest BCUT2D eigenvalue weighted by atomic mass is 10.0. The van der Waals surface area contributed by atoms with Crippen molar-refractivity contribution >= 4 is 33.2 Å². The van der Waals surface area contributed by atoms with E-state index in [9.17, 15) is 8.42 Å². The first-order valence-electron chi connectivity index (χ1n) is 8.73. The maximum Gasteiger partial charge on any atom is 0.206 e. The lowest BCUT2D eigenvalue weighted by Gasteiger charge is -2.11. The van der Waals surface area contributed by atoms with Crippen molar-refractivity contribution < 1.29 is 12.8 Å². The third kappa shape index (κ3) is 2.92. The Hall–Kier alpha value is -2.61. The smallest absolute Gasteiger partial charge is 0.206 e. The molecular weight excluding hydrogens is 398 g/mol. The number of halogens is 1. The largest absolute Gasteiger partial charge is 0.460 e. The Morgan fingerprint density at radius 3 is 2.61 bits per heavy atom. The molecule has 0 saturated heterocycles. The number of rotatable bonds is 3. The van der Waals surface area contributed by atoms with Crippen LogP contribution in [0.1, 0.15) is 11.3 Å². The predicted molar refractivity (Wildman–Crippen MR) is 108 cm³/mol. The Morgan fingerprint density at radius 2 is 1.86 bits per heavy atom. The van der Waals surface area contributed by atoms with Crippen molar-refractivity contribution in [3.05, 3.63) is 66.1 Å². The second-order valence-electron chi connectivity index (χ2n) is 6.56. The van der Waals surface area contributed by atoms with Crippen molar-refractivity contribution in [1.29, 1.82) is 0 Å². The van der Waals surface area contributed by atoms with E-state index in [1.165, 1.54) is 0 Å². The van der Waals surface area contributed by atoms with Crippen LogP contribution >= 0.6 is 12.4 Å². The summed E-state index contributed by atoms with van der Waals surface area (Å²) in [6, 6.07) is 13.7. The molecule has 0 atom stereocenters. The molecule has 2 aromatic carbocycles. The van der Waals surface area contributed by atoms with Crippen molar-refractivity contribution in [1.82, 2.24) is 15.5 Å². The Kier molecular flexibility index (Phi) is 4.74. The third-order valence-electron chi connectivity index (χ3n) is 4.93. The number of fused-ring (bicyclic) bond motifs is 3. The summed E-state index contributed by atoms with van der Waals surface area (Å²) in [5, 5.41) is 11.1. The lowest BCUT2D eigenvalue weighted by Crippen LogP contribution is -2.22. The zero-order chi connectivity index (χ0) is 18.4. The maximum atomic E-state index is 13.2. The SMILES string of the molecule is Cl.O=S(=O)(c1ccccc1)c1cc(-c2ccn[nH]2)c2oc3c(c2c1)CNCC3. The molecule has 8 heteroatoms. The molecular formula is C20H18ClN3O3S. The molecule has 4 aromatic rings. The quantitative estimate of drug-likeness (QED) is 0.532. The lowest BCUT2D eigenvalue weighted by molar-refractivity contribution is 0.501. The molecule has 2 N–H and O–H groups in total. The summed E-state index contributed by atoms with van der Waals surface area (Å²) in [6.07, 6.45) is 2.43. The first kappa shape index (κ1) is 18.7. The van der Waals surface area contributed by atoms with E-state index in [0.717, 1.165) is 35.4 Å². The number of hydrogen-bond donors (Lipinski definition) is 2. The van der Waals surface area contributed by atoms with Gasteiger partial charge in [-0.1, -0.05) is 18.2 Å². The van der Waals surface area contributed by atoms with Crippen LogP contribution in [0.4, 0.5) is 0 Å². The van der Waals surface area contributed by atoms with Gasteiger partial charge in [0.25, 0.3) is 0 Å². The summed E-state index contributed by atoms with van der Waals surface area (Å²) in [5.41, 5.74) is 3.15. The van der Waals surface area contributed by atoms with E-state index in [1.807, 2.05) is 6.07 Å². The minimum Gasteiger partial charge on any atom is -0.460 e. The van der Waals surface area contributed by atoms with E-state index < -0.39 is 9.84 Å². The Morgan fingerprint density at radius 1 is 1.04 bits per heavy atom. The van der Waals surface area contributed by atoms with Crippen LogP contribution in [-0.2, 0) is 22.8 Å². The van der Waals surface area contributed by atoms with Crippen LogP contribution in [0.25, 0.3) is 22.2 Å². The van der Waals surface area contributed by atoms with Gasteiger partial charge >= 0.3 is 0 Å². The molecule has 0 amide bonds. The van der Waals surface area contributed by atoms with Gasteiger partial charge in [-0.3, -0.25) is 5.10 Å². The van der Waals surface area contributed by atoms with Crippen LogP contribution in [0.5, 0.6) is 0 Å². The van der Waals surface area contributed by atoms with Crippen molar-refractivity contribution in [2.24, 2.45) is 0 Å². The van der Waals surface area contributed by atoms with Gasteiger partial charge in [-0.25, -0.2) is 8.42 Å². The molecule has 0 fully saturated rings. The fraction of sp³-hybridized carbons (Fsp3) is 0.150. The third-order valence-corrected chi connectivity index (χ3v) is 6.68. The van der Waals surface area contributed by atoms with Gasteiger partial charge in [0.05, 0.1) is 15.5 Å². The topological polar surface area (TPSA) is 88.0 Å². The van der Waals surface area contributed by atoms with Crippen LogP contribution in [0, 0.1) is 0 Å². The van der Waals surface area contributed by atoms with Crippen molar-refractivity contribution in [3.63, 3.8) is 0 Å². The van der Waals surface area contributed by atoms with Gasteiger partial charge in [0.15, 0.2) is 0 Å². The molecule has 1 aliphatic heterocycles. The van der Waals surface area contributed by atoms with Crippen molar-refractivity contribution in [3.8, 4) is 11.3 Å². The minimum atomic E-state index is -3.64. The van der Waals surface area contributed by atoms with E-state index in [1.54, 1.807) is 48.7 Å². The average molecular weight is 416 g/mol. The molecule has 1 aliphatic rings. The Bertz CT molecular complexity index is 1230. The first-order valence-corrected chi connectivity index (χ1v) is 10.2. The number of nitrogens with one attached hydrogen (secondary N) is 2. The van der Waals surface area contributed by atoms with Gasteiger partial charge < -0.3 is 9.73 Å². The second kappa shape index (κ2) is 7.09. The fourth-order valence-corrected chi connectivity index (χ4v) is 4.91. The van der Waals surface area contributed by atoms with Gasteiger partial charge in [0.2, 0.25) is 9.84 Å². The molecule has 5 rings (SSSR count). The molecule has 0 aliphatic carbocycles. The highest BCUT2D eigenvalue weighted by Crippen LogP contribution is 2.38. The van der Waals surface area contributed by atoms with Crippen LogP contribution in [-0.4, -0.2) is 25.2 Å². The van der Waals surface area contributed by atoms with E-state index in [-0.39, 0.29) is 22.2 Å². The summed E-state index contributed by atoms with van der Waals surface area (Å²) >= 11 is 0. The standard InChI is InChI=1S/C20H17N3O3S.ClH/c24-27(25,13-4-2-1-3-5-13)14-10-15-17-12-21-8-7-19(17)26-20(15)16(11-14)18-6-9-22-23-18;/h1-6,9-11,21H,7-8,12H2,(H,22,23);1H. The number of H-pyrrole nitrogens is 1. The zero-order valence-electron chi connectivity index (χ0n) is 14.8. The number of sulfone groups is 1. The second-order valence-corrected chi connectivity index (χ2v) is 8.51. The number of furan rings is 1. The van der Waals surface area contributed by atoms with Crippen LogP contribution in [0.3, 0.4) is 0 Å². The van der Waals surface area contributed by atoms with Crippen molar-refractivity contribution in [2.75, 3.05) is 6.54 Å². The summed E-state index contributed by atoms with van der Waals surface area (Å²) in [6.45, 7) is 1.51. The normalized spacial score (nSPS) is 13.9. The highest BCUT2D eigenvalue weighted by molar-refractivity contribution is 7.91. The van der Waals surface area contributed by atoms with E-state index >= 15 is 0 Å². The van der Waals surface area contributed by atoms with Crippen molar-refractivity contribution in [2.45, 2.75) is 22.8 Å². The van der Waals surface area contributed by atoms with E-state index in [2.05, 4.69) is 15.5 Å². The van der Waals surface area contributed by atoms with Crippen LogP contribution in [0.2, 0.25) is 0 Å². The van der Waals surface area contributed by atoms with Crippen LogP contribution < -0.4 is 5.32 Å². The number of aromatic amines is 1. The van der Waals surface area contributed by atoms with Gasteiger partial charge in [0.1, 0.15) is 11.3 Å². The molecule has 28 heavy (non-hydrogen) atoms. The van der Waals surface area contributed by atoms with E-state index in [0.29, 0.717) is 17.7 Å². The van der Waals surface area contributed by atoms with Gasteiger partial charge in [0, 0.05) is 42.2 Å². The fourth-order valence-electron chi connectivity index (χ4n) is 3.58. The summed E-state index contributed by atoms with van der Waals surface area (Å²) in [7, 11) is -3.64. The zero-order valence-corrected chi connectivity index (χ0v) is 16.4. The molecule has 6 nitrogen and oxygen atoms in total. The highest BCUT2D eigenvalue weighted by atomic mass is 35.5. The van der Waals surface area contributed by atoms with Crippen LogP contribution in [0.15, 0.2) is 68.9 Å². The first-order chi connectivity index (χ1) is 13.1. The summed E-state index contributed by atoms with van der Waals surface area (Å²) < 4.78 is 32.6. The number of benzene rings is 2. The minimum absolute atomic E-state index is 0. The maximum absolute atomic E-state index is 13.2. The highest BCUT2D eigenvalue weighted by Gasteiger charge is 2.25. The van der Waals surface area contributed by atoms with E-state index in [4.69, 9.17) is 4.42 Å². The number of nitrogens with zero attached hydrogens (tertiary/aromatic N) is 1.